The van der Waals surface area contributed by atoms with Crippen LogP contribution in [0.25, 0.3) is 17.0 Å². The Morgan fingerprint density at radius 3 is 2.81 bits per heavy atom. The van der Waals surface area contributed by atoms with E-state index in [2.05, 4.69) is 10.3 Å². The number of carbonyl (C=O) groups excluding carboxylic acids is 1. The van der Waals surface area contributed by atoms with E-state index in [0.29, 0.717) is 18.5 Å². The molecule has 0 bridgehead atoms. The SMILES string of the molecule is COc1ccc2[nH]cc(CCNC(=O)/C=C/c3ccc(O)c(O)c3)c2c1. The second-order valence-corrected chi connectivity index (χ2v) is 5.85. The first-order valence-electron chi connectivity index (χ1n) is 8.18. The molecule has 1 amide bonds. The van der Waals surface area contributed by atoms with Crippen molar-refractivity contribution in [2.24, 2.45) is 0 Å². The number of hydrogen-bond donors (Lipinski definition) is 4. The normalized spacial score (nSPS) is 11.1. The second kappa shape index (κ2) is 7.65. The van der Waals surface area contributed by atoms with E-state index in [-0.39, 0.29) is 17.4 Å². The summed E-state index contributed by atoms with van der Waals surface area (Å²) >= 11 is 0. The highest BCUT2D eigenvalue weighted by Gasteiger charge is 2.06. The molecule has 1 aromatic heterocycles. The molecular weight excluding hydrogens is 332 g/mol. The summed E-state index contributed by atoms with van der Waals surface area (Å²) in [5.41, 5.74) is 2.75. The van der Waals surface area contributed by atoms with Crippen molar-refractivity contribution in [3.05, 3.63) is 59.8 Å². The number of carbonyl (C=O) groups is 1. The first-order valence-corrected chi connectivity index (χ1v) is 8.18. The minimum absolute atomic E-state index is 0.193. The monoisotopic (exact) mass is 352 g/mol. The van der Waals surface area contributed by atoms with Crippen LogP contribution in [0.3, 0.4) is 0 Å². The molecule has 0 radical (unpaired) electrons. The molecule has 3 rings (SSSR count). The number of H-pyrrole nitrogens is 1. The van der Waals surface area contributed by atoms with Crippen molar-refractivity contribution in [1.82, 2.24) is 10.3 Å². The number of ether oxygens (including phenoxy) is 1. The van der Waals surface area contributed by atoms with Gasteiger partial charge >= 0.3 is 0 Å². The van der Waals surface area contributed by atoms with Crippen molar-refractivity contribution in [3.63, 3.8) is 0 Å². The van der Waals surface area contributed by atoms with Gasteiger partial charge in [-0.15, -0.1) is 0 Å². The van der Waals surface area contributed by atoms with E-state index in [1.807, 2.05) is 24.4 Å². The fourth-order valence-electron chi connectivity index (χ4n) is 2.69. The molecule has 0 atom stereocenters. The second-order valence-electron chi connectivity index (χ2n) is 5.85. The number of aromatic amines is 1. The van der Waals surface area contributed by atoms with E-state index in [9.17, 15) is 15.0 Å². The molecule has 1 heterocycles. The molecule has 0 spiro atoms. The maximum atomic E-state index is 11.9. The Morgan fingerprint density at radius 1 is 1.19 bits per heavy atom. The summed E-state index contributed by atoms with van der Waals surface area (Å²) in [6, 6.07) is 10.2. The van der Waals surface area contributed by atoms with Crippen LogP contribution in [0.5, 0.6) is 17.2 Å². The van der Waals surface area contributed by atoms with Gasteiger partial charge in [-0.1, -0.05) is 6.07 Å². The lowest BCUT2D eigenvalue weighted by atomic mass is 10.1. The van der Waals surface area contributed by atoms with Gasteiger partial charge in [0.25, 0.3) is 0 Å². The van der Waals surface area contributed by atoms with E-state index < -0.39 is 0 Å². The molecule has 0 aliphatic heterocycles. The number of fused-ring (bicyclic) bond motifs is 1. The number of nitrogens with one attached hydrogen (secondary N) is 2. The smallest absolute Gasteiger partial charge is 0.244 e. The van der Waals surface area contributed by atoms with Crippen molar-refractivity contribution in [2.45, 2.75) is 6.42 Å². The Hall–Kier alpha value is -3.41. The van der Waals surface area contributed by atoms with Gasteiger partial charge < -0.3 is 25.3 Å². The third-order valence-corrected chi connectivity index (χ3v) is 4.09. The summed E-state index contributed by atoms with van der Waals surface area (Å²) in [6.45, 7) is 0.494. The van der Waals surface area contributed by atoms with Gasteiger partial charge in [-0.05, 0) is 54.0 Å². The molecule has 0 fully saturated rings. The molecule has 3 aromatic rings. The van der Waals surface area contributed by atoms with Crippen LogP contribution in [0.1, 0.15) is 11.1 Å². The Morgan fingerprint density at radius 2 is 2.04 bits per heavy atom. The zero-order valence-electron chi connectivity index (χ0n) is 14.3. The highest BCUT2D eigenvalue weighted by atomic mass is 16.5. The molecule has 6 nitrogen and oxygen atoms in total. The van der Waals surface area contributed by atoms with Gasteiger partial charge in [0, 0.05) is 29.7 Å². The van der Waals surface area contributed by atoms with Gasteiger partial charge in [0.1, 0.15) is 5.75 Å². The Labute approximate surface area is 150 Å². The molecule has 0 saturated carbocycles. The predicted molar refractivity (Wildman–Crippen MR) is 100 cm³/mol. The Balaban J connectivity index is 1.56. The Bertz CT molecular complexity index is 960. The van der Waals surface area contributed by atoms with Crippen molar-refractivity contribution in [3.8, 4) is 17.2 Å². The zero-order chi connectivity index (χ0) is 18.5. The average molecular weight is 352 g/mol. The molecule has 26 heavy (non-hydrogen) atoms. The highest BCUT2D eigenvalue weighted by Crippen LogP contribution is 2.25. The molecule has 4 N–H and O–H groups in total. The third kappa shape index (κ3) is 3.97. The van der Waals surface area contributed by atoms with Crippen LogP contribution in [-0.2, 0) is 11.2 Å². The van der Waals surface area contributed by atoms with E-state index in [0.717, 1.165) is 22.2 Å². The summed E-state index contributed by atoms with van der Waals surface area (Å²) in [7, 11) is 1.63. The largest absolute Gasteiger partial charge is 0.504 e. The van der Waals surface area contributed by atoms with Gasteiger partial charge in [0.2, 0.25) is 5.91 Å². The summed E-state index contributed by atoms with van der Waals surface area (Å²) in [4.78, 5) is 15.1. The van der Waals surface area contributed by atoms with E-state index in [1.165, 1.54) is 18.2 Å². The number of rotatable bonds is 6. The van der Waals surface area contributed by atoms with E-state index in [1.54, 1.807) is 19.3 Å². The lowest BCUT2D eigenvalue weighted by Gasteiger charge is -2.03. The maximum Gasteiger partial charge on any atom is 0.244 e. The van der Waals surface area contributed by atoms with Gasteiger partial charge in [0.15, 0.2) is 11.5 Å². The van der Waals surface area contributed by atoms with Gasteiger partial charge in [-0.2, -0.15) is 0 Å². The van der Waals surface area contributed by atoms with Crippen LogP contribution in [0, 0.1) is 0 Å². The van der Waals surface area contributed by atoms with Crippen LogP contribution >= 0.6 is 0 Å². The molecule has 0 saturated heterocycles. The summed E-state index contributed by atoms with van der Waals surface area (Å²) in [6.07, 6.45) is 5.59. The van der Waals surface area contributed by atoms with Crippen molar-refractivity contribution in [2.75, 3.05) is 13.7 Å². The molecule has 0 unspecified atom stereocenters. The van der Waals surface area contributed by atoms with Gasteiger partial charge in [-0.3, -0.25) is 4.79 Å². The first-order chi connectivity index (χ1) is 12.6. The van der Waals surface area contributed by atoms with Crippen LogP contribution in [0.4, 0.5) is 0 Å². The topological polar surface area (TPSA) is 94.6 Å². The minimum Gasteiger partial charge on any atom is -0.504 e. The van der Waals surface area contributed by atoms with Crippen molar-refractivity contribution < 1.29 is 19.7 Å². The molecular formula is C20H20N2O4. The van der Waals surface area contributed by atoms with Gasteiger partial charge in [-0.25, -0.2) is 0 Å². The number of phenols is 2. The number of hydrogen-bond acceptors (Lipinski definition) is 4. The third-order valence-electron chi connectivity index (χ3n) is 4.09. The molecule has 6 heteroatoms. The predicted octanol–water partition coefficient (Wildman–Crippen LogP) is 2.96. The number of methoxy groups -OCH3 is 1. The quantitative estimate of drug-likeness (QED) is 0.405. The molecule has 134 valence electrons. The number of benzene rings is 2. The fraction of sp³-hybridized carbons (Fsp3) is 0.150. The lowest BCUT2D eigenvalue weighted by molar-refractivity contribution is -0.116. The lowest BCUT2D eigenvalue weighted by Crippen LogP contribution is -2.23. The molecule has 0 aliphatic rings. The standard InChI is InChI=1S/C20H20N2O4/c1-26-15-4-5-17-16(11-15)14(12-22-17)8-9-21-20(25)7-3-13-2-6-18(23)19(24)10-13/h2-7,10-12,22-24H,8-9H2,1H3,(H,21,25)/b7-3+. The van der Waals surface area contributed by atoms with Crippen molar-refractivity contribution >= 4 is 22.9 Å². The maximum absolute atomic E-state index is 11.9. The summed E-state index contributed by atoms with van der Waals surface area (Å²) < 4.78 is 5.25. The number of amides is 1. The van der Waals surface area contributed by atoms with Crippen LogP contribution < -0.4 is 10.1 Å². The van der Waals surface area contributed by atoms with E-state index >= 15 is 0 Å². The molecule has 2 aromatic carbocycles. The highest BCUT2D eigenvalue weighted by molar-refractivity contribution is 5.92. The number of aromatic nitrogens is 1. The number of phenolic OH excluding ortho intramolecular Hbond substituents is 2. The Kier molecular flexibility index (Phi) is 5.12. The minimum atomic E-state index is -0.227. The summed E-state index contributed by atoms with van der Waals surface area (Å²) in [5.74, 6) is 0.154. The first kappa shape index (κ1) is 17.4. The zero-order valence-corrected chi connectivity index (χ0v) is 14.3. The van der Waals surface area contributed by atoms with Crippen LogP contribution in [0.2, 0.25) is 0 Å². The van der Waals surface area contributed by atoms with Gasteiger partial charge in [0.05, 0.1) is 7.11 Å². The van der Waals surface area contributed by atoms with Crippen LogP contribution in [0.15, 0.2) is 48.7 Å². The van der Waals surface area contributed by atoms with Crippen molar-refractivity contribution in [1.29, 1.82) is 0 Å². The number of aromatic hydroxyl groups is 2. The fourth-order valence-corrected chi connectivity index (χ4v) is 2.69. The molecule has 0 aliphatic carbocycles. The van der Waals surface area contributed by atoms with E-state index in [4.69, 9.17) is 4.74 Å². The average Bonchev–Trinajstić information content (AvgIpc) is 3.05. The van der Waals surface area contributed by atoms with Crippen LogP contribution in [-0.4, -0.2) is 34.8 Å². The summed E-state index contributed by atoms with van der Waals surface area (Å²) in [5, 5.41) is 22.6.